The van der Waals surface area contributed by atoms with Gasteiger partial charge < -0.3 is 14.9 Å². The molecule has 3 aromatic carbocycles. The summed E-state index contributed by atoms with van der Waals surface area (Å²) in [7, 11) is 0. The first-order valence-electron chi connectivity index (χ1n) is 14.3. The number of benzene rings is 3. The zero-order valence-electron chi connectivity index (χ0n) is 22.8. The summed E-state index contributed by atoms with van der Waals surface area (Å²) < 4.78 is 0. The minimum Gasteiger partial charge on any atom is -0.480 e. The molecule has 0 aromatic heterocycles. The van der Waals surface area contributed by atoms with E-state index in [4.69, 9.17) is 0 Å². The molecule has 2 aliphatic heterocycles. The van der Waals surface area contributed by atoms with Gasteiger partial charge in [0.25, 0.3) is 0 Å². The Hall–Kier alpha value is -4.46. The van der Waals surface area contributed by atoms with E-state index in [1.165, 1.54) is 9.80 Å². The van der Waals surface area contributed by atoms with Gasteiger partial charge in [0.2, 0.25) is 5.91 Å². The van der Waals surface area contributed by atoms with E-state index < -0.39 is 18.0 Å². The van der Waals surface area contributed by atoms with Gasteiger partial charge in [-0.15, -0.1) is 0 Å². The van der Waals surface area contributed by atoms with Gasteiger partial charge in [-0.25, -0.2) is 9.59 Å². The number of anilines is 2. The minimum absolute atomic E-state index is 0.0718. The Labute approximate surface area is 239 Å². The summed E-state index contributed by atoms with van der Waals surface area (Å²) >= 11 is 0. The van der Waals surface area contributed by atoms with Crippen LogP contribution in [0.1, 0.15) is 53.1 Å². The number of aliphatic carboxylic acids is 1. The lowest BCUT2D eigenvalue weighted by molar-refractivity contribution is -0.147. The van der Waals surface area contributed by atoms with E-state index in [0.29, 0.717) is 22.5 Å². The molecule has 1 N–H and O–H groups in total. The smallest absolute Gasteiger partial charge is 0.330 e. The summed E-state index contributed by atoms with van der Waals surface area (Å²) in [5, 5.41) is 10.3. The second kappa shape index (κ2) is 11.2. The van der Waals surface area contributed by atoms with Gasteiger partial charge >= 0.3 is 12.0 Å². The third-order valence-electron chi connectivity index (χ3n) is 8.74. The number of amides is 3. The standard InChI is InChI=1S/C33H33N3O5/c37-29-20-24-14-6-8-16-26(24)36(27-17-9-7-15-25(27)29)33(41)35-19-18-34(21-28(35)32(39)40)31(38)30(23-12-4-5-13-23)22-10-2-1-3-11-22/h1-3,6-11,14-17,23,28,30H,4-5,12-13,18-21H2,(H,39,40)/t28-,30?/m0/s1. The van der Waals surface area contributed by atoms with Crippen LogP contribution in [-0.4, -0.2) is 64.3 Å². The highest BCUT2D eigenvalue weighted by atomic mass is 16.4. The number of urea groups is 1. The summed E-state index contributed by atoms with van der Waals surface area (Å²) in [4.78, 5) is 58.5. The molecule has 2 heterocycles. The van der Waals surface area contributed by atoms with Crippen molar-refractivity contribution >= 4 is 35.1 Å². The van der Waals surface area contributed by atoms with Crippen LogP contribution in [-0.2, 0) is 16.0 Å². The van der Waals surface area contributed by atoms with Gasteiger partial charge in [-0.3, -0.25) is 14.5 Å². The van der Waals surface area contributed by atoms with E-state index in [1.54, 1.807) is 41.3 Å². The molecular formula is C33H33N3O5. The van der Waals surface area contributed by atoms with Crippen LogP contribution < -0.4 is 4.90 Å². The van der Waals surface area contributed by atoms with Crippen LogP contribution in [0.3, 0.4) is 0 Å². The molecule has 2 atom stereocenters. The van der Waals surface area contributed by atoms with E-state index >= 15 is 0 Å². The number of Topliss-reactive ketones (excluding diaryl/α,β-unsaturated/α-hetero) is 1. The van der Waals surface area contributed by atoms with E-state index in [0.717, 1.165) is 31.2 Å². The maximum absolute atomic E-state index is 14.3. The predicted molar refractivity (Wildman–Crippen MR) is 154 cm³/mol. The number of fused-ring (bicyclic) bond motifs is 2. The summed E-state index contributed by atoms with van der Waals surface area (Å²) in [6, 6.07) is 22.2. The Morgan fingerprint density at radius 2 is 1.46 bits per heavy atom. The molecule has 1 saturated heterocycles. The summed E-state index contributed by atoms with van der Waals surface area (Å²) in [6.07, 6.45) is 4.26. The number of carboxylic acid groups (broad SMARTS) is 1. The second-order valence-corrected chi connectivity index (χ2v) is 11.1. The molecule has 210 valence electrons. The number of carboxylic acids is 1. The number of piperazine rings is 1. The molecule has 0 bridgehead atoms. The highest BCUT2D eigenvalue weighted by molar-refractivity contribution is 6.12. The first-order valence-corrected chi connectivity index (χ1v) is 14.3. The number of para-hydroxylation sites is 2. The lowest BCUT2D eigenvalue weighted by Gasteiger charge is -2.43. The molecule has 2 fully saturated rings. The number of hydrogen-bond donors (Lipinski definition) is 1. The van der Waals surface area contributed by atoms with Crippen molar-refractivity contribution in [3.8, 4) is 0 Å². The fourth-order valence-corrected chi connectivity index (χ4v) is 6.70. The number of carbonyl (C=O) groups is 4. The molecule has 3 amide bonds. The van der Waals surface area contributed by atoms with E-state index in [2.05, 4.69) is 0 Å². The van der Waals surface area contributed by atoms with Crippen molar-refractivity contribution in [2.75, 3.05) is 24.5 Å². The monoisotopic (exact) mass is 551 g/mol. The molecular weight excluding hydrogens is 518 g/mol. The largest absolute Gasteiger partial charge is 0.480 e. The molecule has 6 rings (SSSR count). The molecule has 1 unspecified atom stereocenters. The van der Waals surface area contributed by atoms with Gasteiger partial charge in [0, 0.05) is 25.1 Å². The Balaban J connectivity index is 1.31. The zero-order valence-corrected chi connectivity index (χ0v) is 22.8. The highest BCUT2D eigenvalue weighted by Gasteiger charge is 2.43. The van der Waals surface area contributed by atoms with Crippen LogP contribution in [0.15, 0.2) is 78.9 Å². The molecule has 0 spiro atoms. The van der Waals surface area contributed by atoms with Gasteiger partial charge in [0.05, 0.1) is 23.8 Å². The fraction of sp³-hybridized carbons (Fsp3) is 0.333. The quantitative estimate of drug-likeness (QED) is 0.477. The SMILES string of the molecule is O=C1Cc2ccccc2N(C(=O)N2CCN(C(=O)C(c3ccccc3)C3CCCC3)C[C@H]2C(=O)O)c2ccccc21. The summed E-state index contributed by atoms with van der Waals surface area (Å²) in [5.74, 6) is -1.45. The van der Waals surface area contributed by atoms with Gasteiger partial charge in [0.15, 0.2) is 5.78 Å². The van der Waals surface area contributed by atoms with Crippen LogP contribution in [0.2, 0.25) is 0 Å². The van der Waals surface area contributed by atoms with E-state index in [1.807, 2.05) is 42.5 Å². The van der Waals surface area contributed by atoms with Crippen molar-refractivity contribution in [2.24, 2.45) is 5.92 Å². The molecule has 0 radical (unpaired) electrons. The Morgan fingerprint density at radius 1 is 0.805 bits per heavy atom. The first kappa shape index (κ1) is 26.7. The van der Waals surface area contributed by atoms with Crippen LogP contribution in [0, 0.1) is 5.92 Å². The van der Waals surface area contributed by atoms with Gasteiger partial charge in [-0.1, -0.05) is 73.5 Å². The lowest BCUT2D eigenvalue weighted by Crippen LogP contribution is -2.62. The third kappa shape index (κ3) is 4.99. The van der Waals surface area contributed by atoms with Crippen molar-refractivity contribution in [3.63, 3.8) is 0 Å². The summed E-state index contributed by atoms with van der Waals surface area (Å²) in [6.45, 7) is 0.217. The zero-order chi connectivity index (χ0) is 28.5. The Morgan fingerprint density at radius 3 is 2.20 bits per heavy atom. The average Bonchev–Trinajstić information content (AvgIpc) is 3.49. The number of ketones is 1. The topological polar surface area (TPSA) is 98.2 Å². The van der Waals surface area contributed by atoms with Crippen molar-refractivity contribution < 1.29 is 24.3 Å². The Bertz CT molecular complexity index is 1480. The van der Waals surface area contributed by atoms with E-state index in [9.17, 15) is 24.3 Å². The molecule has 1 saturated carbocycles. The average molecular weight is 552 g/mol. The van der Waals surface area contributed by atoms with E-state index in [-0.39, 0.29) is 49.6 Å². The minimum atomic E-state index is -1.22. The molecule has 3 aliphatic rings. The predicted octanol–water partition coefficient (Wildman–Crippen LogP) is 5.25. The molecule has 1 aliphatic carbocycles. The fourth-order valence-electron chi connectivity index (χ4n) is 6.70. The van der Waals surface area contributed by atoms with Crippen molar-refractivity contribution in [3.05, 3.63) is 95.6 Å². The van der Waals surface area contributed by atoms with Crippen molar-refractivity contribution in [1.29, 1.82) is 0 Å². The van der Waals surface area contributed by atoms with Gasteiger partial charge in [0.1, 0.15) is 6.04 Å². The van der Waals surface area contributed by atoms with Crippen LogP contribution in [0.25, 0.3) is 0 Å². The lowest BCUT2D eigenvalue weighted by atomic mass is 9.83. The van der Waals surface area contributed by atoms with Crippen molar-refractivity contribution in [2.45, 2.75) is 44.1 Å². The number of rotatable bonds is 4. The number of carbonyl (C=O) groups excluding carboxylic acids is 3. The molecule has 41 heavy (non-hydrogen) atoms. The summed E-state index contributed by atoms with van der Waals surface area (Å²) in [5.41, 5.74) is 3.06. The number of hydrogen-bond acceptors (Lipinski definition) is 4. The highest BCUT2D eigenvalue weighted by Crippen LogP contribution is 2.40. The van der Waals surface area contributed by atoms with Crippen LogP contribution in [0.4, 0.5) is 16.2 Å². The molecule has 3 aromatic rings. The van der Waals surface area contributed by atoms with Crippen LogP contribution >= 0.6 is 0 Å². The van der Waals surface area contributed by atoms with Crippen molar-refractivity contribution in [1.82, 2.24) is 9.80 Å². The van der Waals surface area contributed by atoms with Crippen LogP contribution in [0.5, 0.6) is 0 Å². The van der Waals surface area contributed by atoms with Gasteiger partial charge in [-0.2, -0.15) is 0 Å². The maximum Gasteiger partial charge on any atom is 0.330 e. The number of nitrogens with zero attached hydrogens (tertiary/aromatic N) is 3. The molecule has 8 heteroatoms. The van der Waals surface area contributed by atoms with Gasteiger partial charge in [-0.05, 0) is 48.1 Å². The Kier molecular flexibility index (Phi) is 7.30. The molecule has 8 nitrogen and oxygen atoms in total. The second-order valence-electron chi connectivity index (χ2n) is 11.1. The maximum atomic E-state index is 14.3. The normalized spacial score (nSPS) is 19.8. The first-order chi connectivity index (χ1) is 19.9. The third-order valence-corrected chi connectivity index (χ3v) is 8.74.